The molecule has 0 fully saturated rings. The van der Waals surface area contributed by atoms with Crippen LogP contribution in [0.15, 0.2) is 24.3 Å². The van der Waals surface area contributed by atoms with Crippen molar-refractivity contribution in [1.82, 2.24) is 10.6 Å². The second-order valence-corrected chi connectivity index (χ2v) is 4.54. The van der Waals surface area contributed by atoms with Gasteiger partial charge >= 0.3 is 5.97 Å². The largest absolute Gasteiger partial charge is 0.481 e. The molecule has 1 rings (SSSR count). The maximum atomic E-state index is 10.7. The second kappa shape index (κ2) is 8.11. The molecule has 0 radical (unpaired) electrons. The number of carbonyl (C=O) groups excluding carboxylic acids is 1. The fraction of sp³-hybridized carbons (Fsp3) is 0.308. The highest BCUT2D eigenvalue weighted by molar-refractivity contribution is 7.80. The summed E-state index contributed by atoms with van der Waals surface area (Å²) in [6.45, 7) is 2.48. The van der Waals surface area contributed by atoms with Gasteiger partial charge in [-0.25, -0.2) is 0 Å². The van der Waals surface area contributed by atoms with E-state index in [-0.39, 0.29) is 12.3 Å². The van der Waals surface area contributed by atoms with Crippen molar-refractivity contribution in [3.63, 3.8) is 0 Å². The topological polar surface area (TPSA) is 90.5 Å². The maximum absolute atomic E-state index is 10.7. The summed E-state index contributed by atoms with van der Waals surface area (Å²) in [5.41, 5.74) is 1.50. The summed E-state index contributed by atoms with van der Waals surface area (Å²) in [6.07, 6.45) is -0.000305. The number of hydrogen-bond donors (Lipinski definition) is 4. The van der Waals surface area contributed by atoms with E-state index in [1.165, 1.54) is 6.92 Å². The number of carboxylic acid groups (broad SMARTS) is 1. The zero-order valence-corrected chi connectivity index (χ0v) is 11.9. The van der Waals surface area contributed by atoms with Crippen molar-refractivity contribution in [1.29, 1.82) is 0 Å². The van der Waals surface area contributed by atoms with Crippen LogP contribution in [0.25, 0.3) is 0 Å². The highest BCUT2D eigenvalue weighted by Gasteiger charge is 2.01. The number of carboxylic acids is 1. The van der Waals surface area contributed by atoms with Gasteiger partial charge in [-0.1, -0.05) is 12.1 Å². The van der Waals surface area contributed by atoms with E-state index < -0.39 is 5.97 Å². The molecule has 0 saturated heterocycles. The molecule has 0 unspecified atom stereocenters. The van der Waals surface area contributed by atoms with Crippen LogP contribution in [0.1, 0.15) is 12.5 Å². The monoisotopic (exact) mass is 295 g/mol. The van der Waals surface area contributed by atoms with Crippen LogP contribution in [0.4, 0.5) is 5.69 Å². The van der Waals surface area contributed by atoms with Gasteiger partial charge in [-0.3, -0.25) is 9.59 Å². The molecule has 0 aromatic heterocycles. The molecule has 7 heteroatoms. The predicted octanol–water partition coefficient (Wildman–Crippen LogP) is 0.736. The summed E-state index contributed by atoms with van der Waals surface area (Å²) in [7, 11) is 0. The zero-order chi connectivity index (χ0) is 15.0. The number of benzene rings is 1. The number of nitrogens with one attached hydrogen (secondary N) is 3. The lowest BCUT2D eigenvalue weighted by atomic mass is 10.1. The quantitative estimate of drug-likeness (QED) is 0.457. The van der Waals surface area contributed by atoms with Crippen LogP contribution in [0, 0.1) is 0 Å². The minimum absolute atomic E-state index is 0.000305. The minimum atomic E-state index is -0.860. The minimum Gasteiger partial charge on any atom is -0.481 e. The highest BCUT2D eigenvalue weighted by atomic mass is 32.1. The third kappa shape index (κ3) is 6.69. The third-order valence-corrected chi connectivity index (χ3v) is 2.60. The van der Waals surface area contributed by atoms with Crippen LogP contribution in [0.2, 0.25) is 0 Å². The zero-order valence-electron chi connectivity index (χ0n) is 11.1. The van der Waals surface area contributed by atoms with Crippen molar-refractivity contribution in [2.24, 2.45) is 0 Å². The molecule has 0 atom stereocenters. The number of amides is 1. The number of carbonyl (C=O) groups is 2. The molecule has 0 aliphatic heterocycles. The standard InChI is InChI=1S/C13H17N3O3S/c1-9(17)14-6-7-15-13(20)16-11-4-2-10(3-5-11)8-12(18)19/h2-5H,6-8H2,1H3,(H,14,17)(H,18,19)(H2,15,16,20). The van der Waals surface area contributed by atoms with Gasteiger partial charge in [0.25, 0.3) is 0 Å². The van der Waals surface area contributed by atoms with E-state index in [1.54, 1.807) is 24.3 Å². The van der Waals surface area contributed by atoms with Gasteiger partial charge in [-0.05, 0) is 29.9 Å². The molecular weight excluding hydrogens is 278 g/mol. The molecule has 4 N–H and O–H groups in total. The second-order valence-electron chi connectivity index (χ2n) is 4.13. The predicted molar refractivity (Wildman–Crippen MR) is 80.7 cm³/mol. The van der Waals surface area contributed by atoms with E-state index in [4.69, 9.17) is 17.3 Å². The Bertz CT molecular complexity index is 488. The molecule has 1 aromatic carbocycles. The molecule has 0 aliphatic carbocycles. The first-order valence-electron chi connectivity index (χ1n) is 6.07. The molecule has 0 aliphatic rings. The molecule has 1 aromatic rings. The van der Waals surface area contributed by atoms with Gasteiger partial charge in [-0.15, -0.1) is 0 Å². The molecule has 6 nitrogen and oxygen atoms in total. The summed E-state index contributed by atoms with van der Waals surface area (Å²) >= 11 is 5.09. The van der Waals surface area contributed by atoms with Crippen LogP contribution >= 0.6 is 12.2 Å². The Morgan fingerprint density at radius 2 is 1.75 bits per heavy atom. The van der Waals surface area contributed by atoms with Gasteiger partial charge in [0, 0.05) is 25.7 Å². The Hall–Kier alpha value is -2.15. The van der Waals surface area contributed by atoms with Crippen LogP contribution < -0.4 is 16.0 Å². The van der Waals surface area contributed by atoms with Crippen molar-refractivity contribution in [2.45, 2.75) is 13.3 Å². The third-order valence-electron chi connectivity index (χ3n) is 2.35. The Morgan fingerprint density at radius 1 is 1.15 bits per heavy atom. The van der Waals surface area contributed by atoms with E-state index in [0.717, 1.165) is 11.3 Å². The summed E-state index contributed by atoms with van der Waals surface area (Å²) in [5, 5.41) is 17.7. The van der Waals surface area contributed by atoms with E-state index in [9.17, 15) is 9.59 Å². The first-order valence-corrected chi connectivity index (χ1v) is 6.48. The lowest BCUT2D eigenvalue weighted by Crippen LogP contribution is -2.35. The van der Waals surface area contributed by atoms with Crippen molar-refractivity contribution < 1.29 is 14.7 Å². The molecule has 1 amide bonds. The summed E-state index contributed by atoms with van der Waals surface area (Å²) in [6, 6.07) is 6.99. The van der Waals surface area contributed by atoms with E-state index in [2.05, 4.69) is 16.0 Å². The fourth-order valence-corrected chi connectivity index (χ4v) is 1.69. The number of hydrogen-bond acceptors (Lipinski definition) is 3. The molecule has 108 valence electrons. The number of rotatable bonds is 6. The summed E-state index contributed by atoms with van der Waals surface area (Å²) in [5.74, 6) is -0.944. The first kappa shape index (κ1) is 15.9. The van der Waals surface area contributed by atoms with Crippen molar-refractivity contribution in [3.8, 4) is 0 Å². The number of thiocarbonyl (C=S) groups is 1. The lowest BCUT2D eigenvalue weighted by Gasteiger charge is -2.11. The number of aliphatic carboxylic acids is 1. The molecular formula is C13H17N3O3S. The molecule has 0 heterocycles. The summed E-state index contributed by atoms with van der Waals surface area (Å²) < 4.78 is 0. The van der Waals surface area contributed by atoms with E-state index in [1.807, 2.05) is 0 Å². The van der Waals surface area contributed by atoms with E-state index >= 15 is 0 Å². The molecule has 0 spiro atoms. The molecule has 0 bridgehead atoms. The smallest absolute Gasteiger partial charge is 0.307 e. The van der Waals surface area contributed by atoms with Crippen molar-refractivity contribution >= 4 is 34.9 Å². The van der Waals surface area contributed by atoms with Gasteiger partial charge in [0.2, 0.25) is 5.91 Å². The Morgan fingerprint density at radius 3 is 2.30 bits per heavy atom. The summed E-state index contributed by atoms with van der Waals surface area (Å²) in [4.78, 5) is 21.2. The van der Waals surface area contributed by atoms with Crippen LogP contribution in [0.3, 0.4) is 0 Å². The van der Waals surface area contributed by atoms with Gasteiger partial charge in [0.05, 0.1) is 6.42 Å². The first-order chi connectivity index (χ1) is 9.47. The van der Waals surface area contributed by atoms with Gasteiger partial charge in [-0.2, -0.15) is 0 Å². The van der Waals surface area contributed by atoms with Gasteiger partial charge in [0.15, 0.2) is 5.11 Å². The van der Waals surface area contributed by atoms with Crippen LogP contribution in [0.5, 0.6) is 0 Å². The van der Waals surface area contributed by atoms with Crippen LogP contribution in [-0.4, -0.2) is 35.2 Å². The van der Waals surface area contributed by atoms with Crippen LogP contribution in [-0.2, 0) is 16.0 Å². The number of anilines is 1. The maximum Gasteiger partial charge on any atom is 0.307 e. The fourth-order valence-electron chi connectivity index (χ4n) is 1.47. The Kier molecular flexibility index (Phi) is 6.45. The van der Waals surface area contributed by atoms with Crippen molar-refractivity contribution in [3.05, 3.63) is 29.8 Å². The van der Waals surface area contributed by atoms with E-state index in [0.29, 0.717) is 18.2 Å². The van der Waals surface area contributed by atoms with Gasteiger partial charge < -0.3 is 21.1 Å². The average Bonchev–Trinajstić information content (AvgIpc) is 2.36. The SMILES string of the molecule is CC(=O)NCCNC(=S)Nc1ccc(CC(=O)O)cc1. The normalized spacial score (nSPS) is 9.65. The molecule has 0 saturated carbocycles. The Balaban J connectivity index is 2.34. The lowest BCUT2D eigenvalue weighted by molar-refractivity contribution is -0.136. The Labute approximate surface area is 122 Å². The highest BCUT2D eigenvalue weighted by Crippen LogP contribution is 2.09. The van der Waals surface area contributed by atoms with Crippen molar-refractivity contribution in [2.75, 3.05) is 18.4 Å². The average molecular weight is 295 g/mol. The molecule has 20 heavy (non-hydrogen) atoms. The van der Waals surface area contributed by atoms with Gasteiger partial charge in [0.1, 0.15) is 0 Å².